The van der Waals surface area contributed by atoms with Crippen LogP contribution in [-0.4, -0.2) is 35.5 Å². The summed E-state index contributed by atoms with van der Waals surface area (Å²) in [5.74, 6) is -3.74. The molecular weight excluding hydrogens is 547 g/mol. The van der Waals surface area contributed by atoms with Crippen LogP contribution in [-0.2, 0) is 26.3 Å². The molecule has 0 spiro atoms. The maximum absolute atomic E-state index is 13.2. The van der Waals surface area contributed by atoms with E-state index in [0.29, 0.717) is 0 Å². The van der Waals surface area contributed by atoms with Gasteiger partial charge in [0.15, 0.2) is 5.69 Å². The lowest BCUT2D eigenvalue weighted by Crippen LogP contribution is -2.42. The number of sulfonamides is 1. The summed E-state index contributed by atoms with van der Waals surface area (Å²) in [4.78, 5) is 46.4. The molecule has 16 heteroatoms. The zero-order valence-corrected chi connectivity index (χ0v) is 20.6. The van der Waals surface area contributed by atoms with E-state index in [-0.39, 0.29) is 12.4 Å². The van der Waals surface area contributed by atoms with Crippen LogP contribution in [0.25, 0.3) is 10.9 Å². The Labute approximate surface area is 216 Å². The van der Waals surface area contributed by atoms with Crippen molar-refractivity contribution in [1.29, 1.82) is 0 Å². The van der Waals surface area contributed by atoms with Crippen LogP contribution < -0.4 is 26.2 Å². The molecule has 2 aromatic carbocycles. The van der Waals surface area contributed by atoms with Gasteiger partial charge in [0.2, 0.25) is 0 Å². The first-order chi connectivity index (χ1) is 18.3. The monoisotopic (exact) mass is 565 g/mol. The summed E-state index contributed by atoms with van der Waals surface area (Å²) >= 11 is 0. The Hall–Kier alpha value is -4.86. The summed E-state index contributed by atoms with van der Waals surface area (Å²) in [5.41, 5.74) is 3.79. The lowest BCUT2D eigenvalue weighted by Gasteiger charge is -2.23. The molecule has 0 aliphatic rings. The number of anilines is 2. The van der Waals surface area contributed by atoms with Gasteiger partial charge in [-0.05, 0) is 43.3 Å². The Morgan fingerprint density at radius 1 is 1.08 bits per heavy atom. The van der Waals surface area contributed by atoms with Crippen LogP contribution in [0.3, 0.4) is 0 Å². The molecule has 0 fully saturated rings. The van der Waals surface area contributed by atoms with Gasteiger partial charge in [-0.3, -0.25) is 19.7 Å². The third-order valence-electron chi connectivity index (χ3n) is 5.19. The number of rotatable bonds is 7. The Kier molecular flexibility index (Phi) is 7.06. The highest BCUT2D eigenvalue weighted by atomic mass is 32.2. The van der Waals surface area contributed by atoms with Crippen molar-refractivity contribution in [2.45, 2.75) is 24.6 Å². The van der Waals surface area contributed by atoms with Gasteiger partial charge < -0.3 is 15.3 Å². The molecule has 0 unspecified atom stereocenters. The average molecular weight is 565 g/mol. The summed E-state index contributed by atoms with van der Waals surface area (Å²) in [6.07, 6.45) is -5.63. The minimum absolute atomic E-state index is 0.0780. The van der Waals surface area contributed by atoms with Crippen molar-refractivity contribution in [3.63, 3.8) is 0 Å². The molecule has 204 valence electrons. The van der Waals surface area contributed by atoms with E-state index >= 15 is 0 Å². The van der Waals surface area contributed by atoms with Crippen molar-refractivity contribution in [3.05, 3.63) is 86.7 Å². The van der Waals surface area contributed by atoms with E-state index in [4.69, 9.17) is 10.5 Å². The van der Waals surface area contributed by atoms with E-state index in [9.17, 15) is 36.0 Å². The number of H-pyrrole nitrogens is 2. The van der Waals surface area contributed by atoms with Gasteiger partial charge in [0.1, 0.15) is 18.2 Å². The Bertz CT molecular complexity index is 1790. The van der Waals surface area contributed by atoms with Crippen LogP contribution in [0.4, 0.5) is 24.7 Å². The highest BCUT2D eigenvalue weighted by molar-refractivity contribution is 7.92. The third kappa shape index (κ3) is 5.69. The molecule has 0 radical (unpaired) electrons. The number of nitrogens with zero attached hydrogens (tertiary/aromatic N) is 2. The molecule has 4 aromatic rings. The van der Waals surface area contributed by atoms with Crippen molar-refractivity contribution in [3.8, 4) is 5.75 Å². The molecule has 39 heavy (non-hydrogen) atoms. The minimum atomic E-state index is -5.63. The second kappa shape index (κ2) is 10.1. The number of nitrogens with two attached hydrogens (primary N) is 1. The number of halogens is 3. The normalized spacial score (nSPS) is 11.8. The van der Waals surface area contributed by atoms with E-state index < -0.39 is 54.3 Å². The first kappa shape index (κ1) is 27.2. The van der Waals surface area contributed by atoms with E-state index in [1.807, 2.05) is 42.2 Å². The van der Waals surface area contributed by atoms with Crippen molar-refractivity contribution < 1.29 is 36.0 Å². The van der Waals surface area contributed by atoms with Crippen molar-refractivity contribution in [2.24, 2.45) is 0 Å². The smallest absolute Gasteiger partial charge is 0.489 e. The van der Waals surface area contributed by atoms with Crippen molar-refractivity contribution in [2.75, 3.05) is 10.2 Å². The highest BCUT2D eigenvalue weighted by Gasteiger charge is 2.46. The van der Waals surface area contributed by atoms with Gasteiger partial charge in [-0.25, -0.2) is 9.59 Å². The van der Waals surface area contributed by atoms with Crippen LogP contribution >= 0.6 is 0 Å². The number of carbonyl (C=O) groups is 1. The standard InChI is InChI=1S/C23H18F3N5O7S/c1-12-10-13(16-4-2-3-5-17(16)28-12)11-37-14-6-8-15(9-7-14)39(35,36)31(38-21(33)23(24,25)26)18-19(27)29-22(34)30-20(18)32/h2-10H,11H2,1H3,(H4,27,29,30,32,34). The fourth-order valence-corrected chi connectivity index (χ4v) is 4.76. The number of fused-ring (bicyclic) bond motifs is 1. The van der Waals surface area contributed by atoms with Crippen LogP contribution in [0, 0.1) is 6.92 Å². The topological polar surface area (TPSA) is 178 Å². The van der Waals surface area contributed by atoms with E-state index in [1.54, 1.807) is 4.98 Å². The molecule has 0 atom stereocenters. The second-order valence-corrected chi connectivity index (χ2v) is 9.73. The SMILES string of the molecule is Cc1cc(COc2ccc(S(=O)(=O)N(OC(=O)C(F)(F)F)c3c(N)[nH]c(=O)[nH]c3=O)cc2)c2ccccc2n1. The average Bonchev–Trinajstić information content (AvgIpc) is 2.85. The lowest BCUT2D eigenvalue weighted by molar-refractivity contribution is -0.199. The largest absolute Gasteiger partial charge is 0.493 e. The predicted molar refractivity (Wildman–Crippen MR) is 131 cm³/mol. The molecule has 0 aliphatic heterocycles. The number of hydrogen-bond acceptors (Lipinski definition) is 9. The zero-order valence-electron chi connectivity index (χ0n) is 19.8. The molecule has 0 saturated carbocycles. The van der Waals surface area contributed by atoms with Crippen molar-refractivity contribution in [1.82, 2.24) is 15.0 Å². The molecule has 0 saturated heterocycles. The molecule has 2 aromatic heterocycles. The molecule has 12 nitrogen and oxygen atoms in total. The number of aromatic amines is 2. The summed E-state index contributed by atoms with van der Waals surface area (Å²) < 4.78 is 70.2. The zero-order chi connectivity index (χ0) is 28.5. The maximum Gasteiger partial charge on any atom is 0.493 e. The number of alkyl halides is 3. The number of para-hydroxylation sites is 1. The van der Waals surface area contributed by atoms with E-state index in [0.717, 1.165) is 34.3 Å². The third-order valence-corrected chi connectivity index (χ3v) is 6.75. The van der Waals surface area contributed by atoms with Crippen molar-refractivity contribution >= 4 is 38.4 Å². The number of carbonyl (C=O) groups excluding carboxylic acids is 1. The van der Waals surface area contributed by atoms with Gasteiger partial charge in [-0.15, -0.1) is 0 Å². The van der Waals surface area contributed by atoms with Gasteiger partial charge in [0.25, 0.3) is 15.6 Å². The number of ether oxygens (including phenoxy) is 1. The van der Waals surface area contributed by atoms with Crippen LogP contribution in [0.2, 0.25) is 0 Å². The molecule has 4 rings (SSSR count). The lowest BCUT2D eigenvalue weighted by atomic mass is 10.1. The minimum Gasteiger partial charge on any atom is -0.489 e. The molecule has 0 aliphatic carbocycles. The Morgan fingerprint density at radius 2 is 1.74 bits per heavy atom. The van der Waals surface area contributed by atoms with Crippen LogP contribution in [0.5, 0.6) is 5.75 Å². The molecular formula is C23H18F3N5O7S. The molecule has 2 heterocycles. The molecule has 4 N–H and O–H groups in total. The number of aromatic nitrogens is 3. The summed E-state index contributed by atoms with van der Waals surface area (Å²) in [5, 5.41) is 0.841. The fraction of sp³-hybridized carbons (Fsp3) is 0.130. The highest BCUT2D eigenvalue weighted by Crippen LogP contribution is 2.28. The predicted octanol–water partition coefficient (Wildman–Crippen LogP) is 2.30. The number of pyridine rings is 1. The van der Waals surface area contributed by atoms with Gasteiger partial charge >= 0.3 is 17.8 Å². The fourth-order valence-electron chi connectivity index (χ4n) is 3.50. The van der Waals surface area contributed by atoms with Gasteiger partial charge in [0.05, 0.1) is 10.4 Å². The van der Waals surface area contributed by atoms with Gasteiger partial charge in [-0.2, -0.15) is 21.6 Å². The summed E-state index contributed by atoms with van der Waals surface area (Å²) in [6.45, 7) is 1.89. The maximum atomic E-state index is 13.2. The first-order valence-corrected chi connectivity index (χ1v) is 12.3. The number of nitrogen functional groups attached to an aromatic ring is 1. The number of benzene rings is 2. The Balaban J connectivity index is 1.65. The first-order valence-electron chi connectivity index (χ1n) is 10.8. The number of aryl methyl sites for hydroxylation is 1. The van der Waals surface area contributed by atoms with E-state index in [2.05, 4.69) is 9.82 Å². The van der Waals surface area contributed by atoms with Crippen LogP contribution in [0.1, 0.15) is 11.3 Å². The summed E-state index contributed by atoms with van der Waals surface area (Å²) in [7, 11) is -5.18. The summed E-state index contributed by atoms with van der Waals surface area (Å²) in [6, 6.07) is 13.5. The number of nitrogens with one attached hydrogen (secondary N) is 2. The number of hydrogen-bond donors (Lipinski definition) is 3. The van der Waals surface area contributed by atoms with Gasteiger partial charge in [-0.1, -0.05) is 22.7 Å². The molecule has 0 amide bonds. The van der Waals surface area contributed by atoms with Crippen LogP contribution in [0.15, 0.2) is 69.1 Å². The second-order valence-electron chi connectivity index (χ2n) is 7.98. The Morgan fingerprint density at radius 3 is 2.38 bits per heavy atom. The van der Waals surface area contributed by atoms with Gasteiger partial charge in [0, 0.05) is 16.6 Å². The quantitative estimate of drug-likeness (QED) is 0.284. The van der Waals surface area contributed by atoms with E-state index in [1.165, 1.54) is 12.1 Å². The molecule has 0 bridgehead atoms.